The molecule has 3 rings (SSSR count). The van der Waals surface area contributed by atoms with E-state index >= 15 is 0 Å². The molecule has 3 atom stereocenters. The molecule has 0 spiro atoms. The quantitative estimate of drug-likeness (QED) is 0.787. The molecule has 1 amide bonds. The van der Waals surface area contributed by atoms with E-state index in [1.165, 1.54) is 19.3 Å². The summed E-state index contributed by atoms with van der Waals surface area (Å²) in [6.07, 6.45) is 5.86. The Morgan fingerprint density at radius 3 is 2.45 bits per heavy atom. The zero-order valence-electron chi connectivity index (χ0n) is 12.4. The number of fused-ring (bicyclic) bond motifs is 1. The van der Waals surface area contributed by atoms with Crippen LogP contribution in [0.3, 0.4) is 0 Å². The van der Waals surface area contributed by atoms with Crippen LogP contribution < -0.4 is 0 Å². The van der Waals surface area contributed by atoms with Crippen molar-refractivity contribution in [3.8, 4) is 6.07 Å². The van der Waals surface area contributed by atoms with Crippen LogP contribution in [0.15, 0.2) is 0 Å². The Kier molecular flexibility index (Phi) is 3.98. The molecule has 4 heteroatoms. The van der Waals surface area contributed by atoms with Gasteiger partial charge in [0.15, 0.2) is 0 Å². The van der Waals surface area contributed by atoms with Gasteiger partial charge < -0.3 is 4.90 Å². The first-order valence-corrected chi connectivity index (χ1v) is 8.18. The highest BCUT2D eigenvalue weighted by Gasteiger charge is 2.57. The van der Waals surface area contributed by atoms with Gasteiger partial charge >= 0.3 is 0 Å². The minimum atomic E-state index is 0.0394. The molecule has 3 unspecified atom stereocenters. The molecule has 20 heavy (non-hydrogen) atoms. The van der Waals surface area contributed by atoms with Crippen LogP contribution in [0.4, 0.5) is 0 Å². The molecule has 0 aromatic heterocycles. The average molecular weight is 275 g/mol. The zero-order valence-corrected chi connectivity index (χ0v) is 12.4. The van der Waals surface area contributed by atoms with E-state index in [0.717, 1.165) is 39.0 Å². The highest BCUT2D eigenvalue weighted by Crippen LogP contribution is 2.58. The van der Waals surface area contributed by atoms with Crippen molar-refractivity contribution in [1.29, 1.82) is 5.26 Å². The first-order valence-electron chi connectivity index (χ1n) is 8.18. The maximum Gasteiger partial charge on any atom is 0.226 e. The summed E-state index contributed by atoms with van der Waals surface area (Å²) in [6, 6.07) is 2.45. The first-order chi connectivity index (χ1) is 9.76. The van der Waals surface area contributed by atoms with Gasteiger partial charge in [-0.2, -0.15) is 5.26 Å². The number of hydrogen-bond donors (Lipinski definition) is 0. The smallest absolute Gasteiger partial charge is 0.226 e. The highest BCUT2D eigenvalue weighted by molar-refractivity contribution is 5.82. The molecular weight excluding hydrogens is 250 g/mol. The summed E-state index contributed by atoms with van der Waals surface area (Å²) < 4.78 is 0. The number of nitrogens with zero attached hydrogens (tertiary/aromatic N) is 3. The van der Waals surface area contributed by atoms with Crippen LogP contribution in [0, 0.1) is 29.1 Å². The molecular formula is C16H25N3O. The van der Waals surface area contributed by atoms with Crippen LogP contribution in [0.1, 0.15) is 39.0 Å². The summed E-state index contributed by atoms with van der Waals surface area (Å²) in [5.41, 5.74) is 0. The number of hydrogen-bond acceptors (Lipinski definition) is 3. The topological polar surface area (TPSA) is 47.3 Å². The van der Waals surface area contributed by atoms with Crippen molar-refractivity contribution < 1.29 is 4.79 Å². The maximum absolute atomic E-state index is 12.5. The van der Waals surface area contributed by atoms with Gasteiger partial charge in [-0.15, -0.1) is 0 Å². The van der Waals surface area contributed by atoms with Crippen LogP contribution >= 0.6 is 0 Å². The van der Waals surface area contributed by atoms with Crippen LogP contribution in [0.2, 0.25) is 0 Å². The Morgan fingerprint density at radius 1 is 1.25 bits per heavy atom. The molecule has 2 aliphatic carbocycles. The van der Waals surface area contributed by atoms with Gasteiger partial charge in [0, 0.05) is 32.1 Å². The fraction of sp³-hybridized carbons (Fsp3) is 0.875. The summed E-state index contributed by atoms with van der Waals surface area (Å²) in [5, 5.41) is 9.22. The van der Waals surface area contributed by atoms with Crippen molar-refractivity contribution in [3.63, 3.8) is 0 Å². The number of rotatable bonds is 4. The lowest BCUT2D eigenvalue weighted by molar-refractivity contribution is -0.135. The van der Waals surface area contributed by atoms with Crippen LogP contribution in [0.25, 0.3) is 0 Å². The monoisotopic (exact) mass is 275 g/mol. The molecule has 0 N–H and O–H groups in total. The molecule has 1 heterocycles. The van der Waals surface area contributed by atoms with Crippen molar-refractivity contribution in [3.05, 3.63) is 0 Å². The van der Waals surface area contributed by atoms with Crippen molar-refractivity contribution >= 4 is 5.91 Å². The first kappa shape index (κ1) is 13.9. The van der Waals surface area contributed by atoms with Gasteiger partial charge in [-0.1, -0.05) is 19.8 Å². The summed E-state index contributed by atoms with van der Waals surface area (Å²) >= 11 is 0. The van der Waals surface area contributed by atoms with Gasteiger partial charge in [-0.05, 0) is 31.1 Å². The SMILES string of the molecule is CCCC(C#N)N1CCN(C(=O)C2C3CCCC32)CC1. The minimum absolute atomic E-state index is 0.0394. The van der Waals surface area contributed by atoms with E-state index in [9.17, 15) is 10.1 Å². The second-order valence-corrected chi connectivity index (χ2v) is 6.58. The molecule has 1 saturated heterocycles. The van der Waals surface area contributed by atoms with E-state index in [-0.39, 0.29) is 6.04 Å². The minimum Gasteiger partial charge on any atom is -0.340 e. The van der Waals surface area contributed by atoms with Crippen molar-refractivity contribution in [2.45, 2.75) is 45.1 Å². The van der Waals surface area contributed by atoms with Gasteiger partial charge in [0.25, 0.3) is 0 Å². The average Bonchev–Trinajstić information content (AvgIpc) is 2.96. The Bertz CT molecular complexity index is 398. The van der Waals surface area contributed by atoms with Crippen molar-refractivity contribution in [2.75, 3.05) is 26.2 Å². The lowest BCUT2D eigenvalue weighted by atomic mass is 10.1. The zero-order chi connectivity index (χ0) is 14.1. The molecule has 3 aliphatic rings. The predicted octanol–water partition coefficient (Wildman–Crippen LogP) is 1.87. The fourth-order valence-corrected chi connectivity index (χ4v) is 4.25. The normalized spacial score (nSPS) is 34.4. The van der Waals surface area contributed by atoms with Gasteiger partial charge in [-0.25, -0.2) is 0 Å². The van der Waals surface area contributed by atoms with E-state index < -0.39 is 0 Å². The van der Waals surface area contributed by atoms with Crippen LogP contribution in [-0.2, 0) is 4.79 Å². The fourth-order valence-electron chi connectivity index (χ4n) is 4.25. The van der Waals surface area contributed by atoms with E-state index in [4.69, 9.17) is 0 Å². The molecule has 3 fully saturated rings. The van der Waals surface area contributed by atoms with Crippen molar-refractivity contribution in [1.82, 2.24) is 9.80 Å². The lowest BCUT2D eigenvalue weighted by Crippen LogP contribution is -2.52. The molecule has 0 aromatic rings. The summed E-state index contributed by atoms with van der Waals surface area (Å²) in [5.74, 6) is 2.20. The van der Waals surface area contributed by atoms with E-state index in [2.05, 4.69) is 22.8 Å². The Morgan fingerprint density at radius 2 is 1.90 bits per heavy atom. The lowest BCUT2D eigenvalue weighted by Gasteiger charge is -2.37. The summed E-state index contributed by atoms with van der Waals surface area (Å²) in [6.45, 7) is 5.49. The number of carbonyl (C=O) groups is 1. The third-order valence-corrected chi connectivity index (χ3v) is 5.47. The summed E-state index contributed by atoms with van der Waals surface area (Å²) in [7, 11) is 0. The maximum atomic E-state index is 12.5. The van der Waals surface area contributed by atoms with E-state index in [1.807, 2.05) is 0 Å². The van der Waals surface area contributed by atoms with Gasteiger partial charge in [-0.3, -0.25) is 9.69 Å². The third kappa shape index (κ3) is 2.44. The Labute approximate surface area is 121 Å². The summed E-state index contributed by atoms with van der Waals surface area (Å²) in [4.78, 5) is 16.8. The predicted molar refractivity (Wildman–Crippen MR) is 76.8 cm³/mol. The Hall–Kier alpha value is -1.08. The van der Waals surface area contributed by atoms with Gasteiger partial charge in [0.05, 0.1) is 12.1 Å². The van der Waals surface area contributed by atoms with E-state index in [0.29, 0.717) is 23.7 Å². The number of carbonyl (C=O) groups excluding carboxylic acids is 1. The number of nitriles is 1. The second-order valence-electron chi connectivity index (χ2n) is 6.58. The largest absolute Gasteiger partial charge is 0.340 e. The number of amides is 1. The van der Waals surface area contributed by atoms with Gasteiger partial charge in [0.2, 0.25) is 5.91 Å². The van der Waals surface area contributed by atoms with E-state index in [1.54, 1.807) is 0 Å². The molecule has 110 valence electrons. The van der Waals surface area contributed by atoms with Gasteiger partial charge in [0.1, 0.15) is 0 Å². The standard InChI is InChI=1S/C16H25N3O/c1-2-4-12(11-17)18-7-9-19(10-8-18)16(20)15-13-5-3-6-14(13)15/h12-15H,2-10H2,1H3. The highest BCUT2D eigenvalue weighted by atomic mass is 16.2. The van der Waals surface area contributed by atoms with Crippen LogP contribution in [0.5, 0.6) is 0 Å². The third-order valence-electron chi connectivity index (χ3n) is 5.47. The molecule has 0 radical (unpaired) electrons. The molecule has 4 nitrogen and oxygen atoms in total. The number of piperazine rings is 1. The Balaban J connectivity index is 1.49. The second kappa shape index (κ2) is 5.73. The van der Waals surface area contributed by atoms with Crippen LogP contribution in [-0.4, -0.2) is 47.9 Å². The molecule has 0 bridgehead atoms. The molecule has 2 saturated carbocycles. The molecule has 0 aromatic carbocycles. The van der Waals surface area contributed by atoms with Crippen molar-refractivity contribution in [2.24, 2.45) is 17.8 Å². The molecule has 1 aliphatic heterocycles.